The van der Waals surface area contributed by atoms with Crippen LogP contribution in [0.4, 0.5) is 5.69 Å². The molecular weight excluding hydrogens is 330 g/mol. The molecule has 2 aromatic rings. The highest BCUT2D eigenvalue weighted by Crippen LogP contribution is 2.26. The van der Waals surface area contributed by atoms with Gasteiger partial charge in [-0.2, -0.15) is 10.2 Å². The first-order chi connectivity index (χ1) is 8.97. The monoisotopic (exact) mass is 339 g/mol. The molecule has 0 unspecified atom stereocenters. The van der Waals surface area contributed by atoms with Gasteiger partial charge in [-0.05, 0) is 38.1 Å². The molecule has 0 saturated heterocycles. The first-order valence-electron chi connectivity index (χ1n) is 5.54. The number of carbonyl (C=O) groups excluding carboxylic acids is 1. The zero-order chi connectivity index (χ0) is 14.0. The van der Waals surface area contributed by atoms with Gasteiger partial charge in [0, 0.05) is 4.47 Å². The van der Waals surface area contributed by atoms with Crippen molar-refractivity contribution in [2.75, 3.05) is 5.32 Å². The molecule has 1 heterocycles. The van der Waals surface area contributed by atoms with Crippen LogP contribution in [0.3, 0.4) is 0 Å². The van der Waals surface area contributed by atoms with Crippen molar-refractivity contribution in [1.82, 2.24) is 10.2 Å². The highest BCUT2D eigenvalue weighted by Gasteiger charge is 2.13. The number of benzene rings is 1. The van der Waals surface area contributed by atoms with Gasteiger partial charge in [-0.15, -0.1) is 0 Å². The van der Waals surface area contributed by atoms with Gasteiger partial charge in [0.2, 0.25) is 0 Å². The van der Waals surface area contributed by atoms with Crippen molar-refractivity contribution in [2.45, 2.75) is 13.8 Å². The normalized spacial score (nSPS) is 10.3. The predicted octanol–water partition coefficient (Wildman–Crippen LogP) is 3.76. The fraction of sp³-hybridized carbons (Fsp3) is 0.154. The zero-order valence-electron chi connectivity index (χ0n) is 10.4. The van der Waals surface area contributed by atoms with Crippen LogP contribution in [0.5, 0.6) is 0 Å². The lowest BCUT2D eigenvalue weighted by Crippen LogP contribution is -2.15. The van der Waals surface area contributed by atoms with Crippen LogP contribution in [0.1, 0.15) is 21.7 Å². The van der Waals surface area contributed by atoms with E-state index in [0.717, 1.165) is 4.47 Å². The summed E-state index contributed by atoms with van der Waals surface area (Å²) >= 11 is 9.37. The number of aromatic nitrogens is 2. The third-order valence-electron chi connectivity index (χ3n) is 2.52. The van der Waals surface area contributed by atoms with Gasteiger partial charge < -0.3 is 5.32 Å². The minimum atomic E-state index is -0.254. The van der Waals surface area contributed by atoms with E-state index in [-0.39, 0.29) is 5.91 Å². The molecule has 0 aliphatic heterocycles. The third-order valence-corrected chi connectivity index (χ3v) is 3.34. The van der Waals surface area contributed by atoms with Gasteiger partial charge in [-0.3, -0.25) is 4.79 Å². The van der Waals surface area contributed by atoms with Crippen LogP contribution >= 0.6 is 27.5 Å². The van der Waals surface area contributed by atoms with Crippen LogP contribution in [-0.4, -0.2) is 16.1 Å². The van der Waals surface area contributed by atoms with E-state index in [1.165, 1.54) is 0 Å². The summed E-state index contributed by atoms with van der Waals surface area (Å²) in [6, 6.07) is 6.96. The number of hydrogen-bond donors (Lipinski definition) is 1. The average Bonchev–Trinajstić information content (AvgIpc) is 2.36. The van der Waals surface area contributed by atoms with E-state index in [0.29, 0.717) is 27.7 Å². The molecule has 0 saturated carbocycles. The molecule has 0 bridgehead atoms. The lowest BCUT2D eigenvalue weighted by molar-refractivity contribution is 0.102. The van der Waals surface area contributed by atoms with Crippen molar-refractivity contribution < 1.29 is 4.79 Å². The van der Waals surface area contributed by atoms with Crippen LogP contribution in [0, 0.1) is 13.8 Å². The molecular formula is C13H11BrClN3O. The number of amides is 1. The van der Waals surface area contributed by atoms with Crippen LogP contribution in [0.2, 0.25) is 5.02 Å². The van der Waals surface area contributed by atoms with E-state index in [4.69, 9.17) is 11.6 Å². The summed E-state index contributed by atoms with van der Waals surface area (Å²) in [6.07, 6.45) is 0. The summed E-state index contributed by atoms with van der Waals surface area (Å²) in [5, 5.41) is 11.1. The Labute approximate surface area is 124 Å². The Kier molecular flexibility index (Phi) is 4.17. The van der Waals surface area contributed by atoms with E-state index in [9.17, 15) is 4.79 Å². The number of anilines is 1. The maximum atomic E-state index is 12.2. The number of nitrogens with zero attached hydrogens (tertiary/aromatic N) is 2. The zero-order valence-corrected chi connectivity index (χ0v) is 12.7. The van der Waals surface area contributed by atoms with Crippen molar-refractivity contribution in [3.8, 4) is 0 Å². The van der Waals surface area contributed by atoms with Gasteiger partial charge >= 0.3 is 0 Å². The van der Waals surface area contributed by atoms with Crippen molar-refractivity contribution in [2.24, 2.45) is 0 Å². The summed E-state index contributed by atoms with van der Waals surface area (Å²) in [5.74, 6) is -0.254. The Morgan fingerprint density at radius 3 is 2.74 bits per heavy atom. The van der Waals surface area contributed by atoms with Crippen molar-refractivity contribution in [1.29, 1.82) is 0 Å². The molecule has 98 valence electrons. The van der Waals surface area contributed by atoms with E-state index in [1.807, 2.05) is 0 Å². The average molecular weight is 341 g/mol. The van der Waals surface area contributed by atoms with E-state index in [1.54, 1.807) is 38.1 Å². The van der Waals surface area contributed by atoms with Gasteiger partial charge in [0.25, 0.3) is 5.91 Å². The van der Waals surface area contributed by atoms with Crippen molar-refractivity contribution >= 4 is 39.1 Å². The summed E-state index contributed by atoms with van der Waals surface area (Å²) in [4.78, 5) is 12.2. The second-order valence-corrected chi connectivity index (χ2v) is 5.39. The largest absolute Gasteiger partial charge is 0.321 e. The molecule has 0 spiro atoms. The van der Waals surface area contributed by atoms with Crippen LogP contribution in [0.25, 0.3) is 0 Å². The fourth-order valence-electron chi connectivity index (χ4n) is 1.56. The molecule has 0 fully saturated rings. The van der Waals surface area contributed by atoms with Crippen LogP contribution < -0.4 is 5.32 Å². The summed E-state index contributed by atoms with van der Waals surface area (Å²) in [5.41, 5.74) is 2.31. The lowest BCUT2D eigenvalue weighted by atomic mass is 10.2. The molecule has 19 heavy (non-hydrogen) atoms. The Morgan fingerprint density at radius 2 is 2.00 bits per heavy atom. The van der Waals surface area contributed by atoms with Gasteiger partial charge in [-0.25, -0.2) is 0 Å². The molecule has 1 amide bonds. The molecule has 0 aliphatic carbocycles. The van der Waals surface area contributed by atoms with E-state index >= 15 is 0 Å². The second-order valence-electron chi connectivity index (χ2n) is 4.06. The molecule has 6 heteroatoms. The number of aryl methyl sites for hydroxylation is 2. The first kappa shape index (κ1) is 14.0. The Bertz CT molecular complexity index is 646. The highest BCUT2D eigenvalue weighted by atomic mass is 79.9. The van der Waals surface area contributed by atoms with Crippen molar-refractivity contribution in [3.63, 3.8) is 0 Å². The number of hydrogen-bond acceptors (Lipinski definition) is 3. The van der Waals surface area contributed by atoms with E-state index < -0.39 is 0 Å². The number of nitrogens with one attached hydrogen (secondary N) is 1. The predicted molar refractivity (Wildman–Crippen MR) is 78.6 cm³/mol. The molecule has 0 aliphatic rings. The van der Waals surface area contributed by atoms with Gasteiger partial charge in [0.05, 0.1) is 27.7 Å². The number of halogens is 2. The molecule has 1 aromatic carbocycles. The Balaban J connectivity index is 2.30. The minimum absolute atomic E-state index is 0.254. The van der Waals surface area contributed by atoms with Gasteiger partial charge in [0.1, 0.15) is 0 Å². The summed E-state index contributed by atoms with van der Waals surface area (Å²) in [7, 11) is 0. The van der Waals surface area contributed by atoms with Gasteiger partial charge in [-0.1, -0.05) is 27.5 Å². The quantitative estimate of drug-likeness (QED) is 0.905. The molecule has 4 nitrogen and oxygen atoms in total. The second kappa shape index (κ2) is 5.67. The van der Waals surface area contributed by atoms with E-state index in [2.05, 4.69) is 31.4 Å². The first-order valence-corrected chi connectivity index (χ1v) is 6.72. The number of rotatable bonds is 2. The standard InChI is InChI=1S/C13H11BrClN3O/c1-7-5-10(8(2)18-17-7)13(19)16-12-6-9(14)3-4-11(12)15/h3-6H,1-2H3,(H,16,19). The van der Waals surface area contributed by atoms with Crippen molar-refractivity contribution in [3.05, 3.63) is 50.7 Å². The highest BCUT2D eigenvalue weighted by molar-refractivity contribution is 9.10. The smallest absolute Gasteiger partial charge is 0.257 e. The van der Waals surface area contributed by atoms with Gasteiger partial charge in [0.15, 0.2) is 0 Å². The fourth-order valence-corrected chi connectivity index (χ4v) is 2.09. The number of carbonyl (C=O) groups is 1. The Morgan fingerprint density at radius 1 is 1.26 bits per heavy atom. The molecule has 1 aromatic heterocycles. The summed E-state index contributed by atoms with van der Waals surface area (Å²) < 4.78 is 0.841. The van der Waals surface area contributed by atoms with Crippen LogP contribution in [0.15, 0.2) is 28.7 Å². The maximum Gasteiger partial charge on any atom is 0.257 e. The molecule has 0 radical (unpaired) electrons. The minimum Gasteiger partial charge on any atom is -0.321 e. The Hall–Kier alpha value is -1.46. The topological polar surface area (TPSA) is 54.9 Å². The lowest BCUT2D eigenvalue weighted by Gasteiger charge is -2.09. The third kappa shape index (κ3) is 3.30. The summed E-state index contributed by atoms with van der Waals surface area (Å²) in [6.45, 7) is 3.53. The molecule has 0 atom stereocenters. The molecule has 2 rings (SSSR count). The molecule has 1 N–H and O–H groups in total. The van der Waals surface area contributed by atoms with Crippen LogP contribution in [-0.2, 0) is 0 Å². The maximum absolute atomic E-state index is 12.2. The SMILES string of the molecule is Cc1cc(C(=O)Nc2cc(Br)ccc2Cl)c(C)nn1.